The van der Waals surface area contributed by atoms with Gasteiger partial charge >= 0.3 is 0 Å². The van der Waals surface area contributed by atoms with Crippen molar-refractivity contribution in [2.24, 2.45) is 0 Å². The normalized spacial score (nSPS) is 12.2. The summed E-state index contributed by atoms with van der Waals surface area (Å²) >= 11 is 0. The van der Waals surface area contributed by atoms with E-state index in [1.807, 2.05) is 0 Å². The number of ether oxygens (including phenoxy) is 1. The number of hydrogen-bond donors (Lipinski definition) is 5. The largest absolute Gasteiger partial charge is 0.508 e. The second kappa shape index (κ2) is 8.20. The Hall–Kier alpha value is -3.23. The van der Waals surface area contributed by atoms with Gasteiger partial charge in [-0.2, -0.15) is 0 Å². The van der Waals surface area contributed by atoms with E-state index in [-0.39, 0.29) is 47.2 Å². The van der Waals surface area contributed by atoms with E-state index in [2.05, 4.69) is 0 Å². The molecule has 1 aromatic heterocycles. The van der Waals surface area contributed by atoms with Crippen molar-refractivity contribution in [1.82, 2.24) is 0 Å². The summed E-state index contributed by atoms with van der Waals surface area (Å²) < 4.78 is 11.3. The highest BCUT2D eigenvalue weighted by Crippen LogP contribution is 2.36. The summed E-state index contributed by atoms with van der Waals surface area (Å²) in [4.78, 5) is 12.8. The molecule has 0 saturated carbocycles. The van der Waals surface area contributed by atoms with Crippen LogP contribution in [-0.4, -0.2) is 44.9 Å². The van der Waals surface area contributed by atoms with Gasteiger partial charge in [0.2, 0.25) is 11.2 Å². The Morgan fingerprint density at radius 3 is 2.36 bits per heavy atom. The van der Waals surface area contributed by atoms with Crippen molar-refractivity contribution in [2.45, 2.75) is 18.9 Å². The molecule has 0 aliphatic heterocycles. The minimum atomic E-state index is -0.766. The molecule has 0 aliphatic carbocycles. The maximum atomic E-state index is 12.8. The topological polar surface area (TPSA) is 141 Å². The molecule has 0 radical (unpaired) electrons. The lowest BCUT2D eigenvalue weighted by Crippen LogP contribution is -2.22. The van der Waals surface area contributed by atoms with Crippen LogP contribution in [-0.2, 0) is 0 Å². The van der Waals surface area contributed by atoms with E-state index in [1.54, 1.807) is 0 Å². The van der Waals surface area contributed by atoms with Crippen LogP contribution in [0.3, 0.4) is 0 Å². The third-order valence-corrected chi connectivity index (χ3v) is 4.23. The molecule has 0 aliphatic rings. The highest BCUT2D eigenvalue weighted by Gasteiger charge is 2.21. The van der Waals surface area contributed by atoms with Gasteiger partial charge in [-0.1, -0.05) is 0 Å². The number of aliphatic hydroxyl groups excluding tert-OH is 2. The van der Waals surface area contributed by atoms with Crippen molar-refractivity contribution in [3.05, 3.63) is 46.6 Å². The van der Waals surface area contributed by atoms with Crippen LogP contribution in [0.25, 0.3) is 22.3 Å². The van der Waals surface area contributed by atoms with E-state index in [4.69, 9.17) is 14.3 Å². The van der Waals surface area contributed by atoms with Crippen LogP contribution in [0.2, 0.25) is 0 Å². The minimum Gasteiger partial charge on any atom is -0.508 e. The first-order chi connectivity index (χ1) is 13.4. The van der Waals surface area contributed by atoms with E-state index >= 15 is 0 Å². The minimum absolute atomic E-state index is 0.0117. The molecule has 0 unspecified atom stereocenters. The highest BCUT2D eigenvalue weighted by molar-refractivity contribution is 5.88. The molecular formula is C20H20O8. The number of fused-ring (bicyclic) bond motifs is 1. The van der Waals surface area contributed by atoms with Crippen molar-refractivity contribution in [3.8, 4) is 34.3 Å². The molecule has 8 heteroatoms. The number of aromatic hydroxyl groups is 3. The van der Waals surface area contributed by atoms with E-state index in [9.17, 15) is 25.2 Å². The van der Waals surface area contributed by atoms with Gasteiger partial charge in [-0.15, -0.1) is 0 Å². The number of phenols is 2. The lowest BCUT2D eigenvalue weighted by Gasteiger charge is -2.18. The molecule has 0 saturated heterocycles. The lowest BCUT2D eigenvalue weighted by atomic mass is 10.1. The Bertz CT molecular complexity index is 1020. The highest BCUT2D eigenvalue weighted by atomic mass is 16.5. The summed E-state index contributed by atoms with van der Waals surface area (Å²) in [6, 6.07) is 8.10. The molecule has 0 fully saturated rings. The molecule has 0 bridgehead atoms. The van der Waals surface area contributed by atoms with Crippen LogP contribution in [0.1, 0.15) is 12.8 Å². The van der Waals surface area contributed by atoms with Gasteiger partial charge in [0.1, 0.15) is 34.3 Å². The summed E-state index contributed by atoms with van der Waals surface area (Å²) in [6.45, 7) is -0.445. The summed E-state index contributed by atoms with van der Waals surface area (Å²) in [5.41, 5.74) is -0.422. The number of benzene rings is 2. The first kappa shape index (κ1) is 19.5. The summed E-state index contributed by atoms with van der Waals surface area (Å²) in [5.74, 6) is -1.03. The molecule has 0 amide bonds. The van der Waals surface area contributed by atoms with Crippen LogP contribution < -0.4 is 10.2 Å². The quantitative estimate of drug-likeness (QED) is 0.414. The van der Waals surface area contributed by atoms with Gasteiger partial charge in [0.25, 0.3) is 0 Å². The molecule has 0 spiro atoms. The summed E-state index contributed by atoms with van der Waals surface area (Å²) in [6.07, 6.45) is -0.00431. The molecule has 1 heterocycles. The van der Waals surface area contributed by atoms with E-state index in [0.29, 0.717) is 18.4 Å². The zero-order valence-corrected chi connectivity index (χ0v) is 14.8. The van der Waals surface area contributed by atoms with Gasteiger partial charge in [-0.3, -0.25) is 4.79 Å². The second-order valence-corrected chi connectivity index (χ2v) is 6.26. The van der Waals surface area contributed by atoms with Crippen LogP contribution in [0.15, 0.2) is 45.6 Å². The van der Waals surface area contributed by atoms with Crippen LogP contribution >= 0.6 is 0 Å². The third kappa shape index (κ3) is 3.88. The molecule has 2 aromatic carbocycles. The zero-order valence-electron chi connectivity index (χ0n) is 14.8. The monoisotopic (exact) mass is 388 g/mol. The number of rotatable bonds is 7. The van der Waals surface area contributed by atoms with Gasteiger partial charge in [-0.25, -0.2) is 0 Å². The Kier molecular flexibility index (Phi) is 5.72. The Balaban J connectivity index is 2.13. The van der Waals surface area contributed by atoms with Crippen molar-refractivity contribution >= 4 is 11.0 Å². The number of hydrogen-bond acceptors (Lipinski definition) is 8. The Morgan fingerprint density at radius 1 is 1.00 bits per heavy atom. The number of aliphatic hydroxyl groups is 2. The average molecular weight is 388 g/mol. The molecule has 1 atom stereocenters. The van der Waals surface area contributed by atoms with Crippen LogP contribution in [0.4, 0.5) is 0 Å². The van der Waals surface area contributed by atoms with Crippen molar-refractivity contribution in [2.75, 3.05) is 13.2 Å². The molecule has 148 valence electrons. The third-order valence-electron chi connectivity index (χ3n) is 4.23. The van der Waals surface area contributed by atoms with Crippen molar-refractivity contribution in [3.63, 3.8) is 0 Å². The standard InChI is InChI=1S/C20H20O8/c21-7-1-2-14(10-22)27-15-8-13(24)9-16-17(15)18(25)19(26)20(28-16)11-3-5-12(23)6-4-11/h3-6,8-9,14,21-24,26H,1-2,7,10H2/t14-/m1/s1. The summed E-state index contributed by atoms with van der Waals surface area (Å²) in [7, 11) is 0. The lowest BCUT2D eigenvalue weighted by molar-refractivity contribution is 0.102. The van der Waals surface area contributed by atoms with Gasteiger partial charge in [0, 0.05) is 24.3 Å². The molecule has 3 rings (SSSR count). The summed E-state index contributed by atoms with van der Waals surface area (Å²) in [5, 5.41) is 48.1. The molecule has 28 heavy (non-hydrogen) atoms. The SMILES string of the molecule is O=c1c(O)c(-c2ccc(O)cc2)oc2cc(O)cc(O[C@@H](CO)CCCO)c12. The molecule has 5 N–H and O–H groups in total. The smallest absolute Gasteiger partial charge is 0.238 e. The van der Waals surface area contributed by atoms with E-state index < -0.39 is 17.3 Å². The zero-order chi connectivity index (χ0) is 20.3. The average Bonchev–Trinajstić information content (AvgIpc) is 2.68. The van der Waals surface area contributed by atoms with Crippen molar-refractivity contribution in [1.29, 1.82) is 0 Å². The Morgan fingerprint density at radius 2 is 1.71 bits per heavy atom. The fourth-order valence-electron chi connectivity index (χ4n) is 2.85. The predicted octanol–water partition coefficient (Wildman–Crippen LogP) is 2.09. The Labute approximate surface area is 159 Å². The molecular weight excluding hydrogens is 368 g/mol. The van der Waals surface area contributed by atoms with Crippen molar-refractivity contribution < 1.29 is 34.7 Å². The van der Waals surface area contributed by atoms with E-state index in [1.165, 1.54) is 36.4 Å². The van der Waals surface area contributed by atoms with Crippen LogP contribution in [0, 0.1) is 0 Å². The van der Waals surface area contributed by atoms with Crippen LogP contribution in [0.5, 0.6) is 23.0 Å². The van der Waals surface area contributed by atoms with Gasteiger partial charge in [-0.05, 0) is 37.1 Å². The maximum absolute atomic E-state index is 12.8. The van der Waals surface area contributed by atoms with Gasteiger partial charge in [0.15, 0.2) is 5.76 Å². The predicted molar refractivity (Wildman–Crippen MR) is 101 cm³/mol. The fraction of sp³-hybridized carbons (Fsp3) is 0.250. The molecule has 3 aromatic rings. The fourth-order valence-corrected chi connectivity index (χ4v) is 2.85. The van der Waals surface area contributed by atoms with Gasteiger partial charge < -0.3 is 34.7 Å². The first-order valence-corrected chi connectivity index (χ1v) is 8.65. The molecule has 8 nitrogen and oxygen atoms in total. The maximum Gasteiger partial charge on any atom is 0.238 e. The second-order valence-electron chi connectivity index (χ2n) is 6.26. The first-order valence-electron chi connectivity index (χ1n) is 8.65. The van der Waals surface area contributed by atoms with E-state index in [0.717, 1.165) is 0 Å². The number of phenolic OH excluding ortho intramolecular Hbond substituents is 2. The van der Waals surface area contributed by atoms with Gasteiger partial charge in [0.05, 0.1) is 6.61 Å².